The number of β-amino-alcohol motifs (C(OH)–C–C–N with tert-alkyl or cyclic N) is 1. The van der Waals surface area contributed by atoms with Gasteiger partial charge in [0.25, 0.3) is 5.56 Å². The fraction of sp³-hybridized carbons (Fsp3) is 0.217. The maximum Gasteiger partial charge on any atom is 0.251 e. The Bertz CT molecular complexity index is 1300. The van der Waals surface area contributed by atoms with Crippen LogP contribution in [-0.4, -0.2) is 45.6 Å². The van der Waals surface area contributed by atoms with Crippen LogP contribution in [0.3, 0.4) is 0 Å². The molecule has 2 N–H and O–H groups in total. The summed E-state index contributed by atoms with van der Waals surface area (Å²) in [5.41, 5.74) is 4.26. The molecule has 1 aromatic carbocycles. The van der Waals surface area contributed by atoms with Crippen molar-refractivity contribution in [2.75, 3.05) is 24.6 Å². The second kappa shape index (κ2) is 8.19. The zero-order chi connectivity index (χ0) is 21.4. The number of aliphatic hydroxyl groups excluding tert-OH is 1. The van der Waals surface area contributed by atoms with Gasteiger partial charge >= 0.3 is 0 Å². The van der Waals surface area contributed by atoms with E-state index in [1.807, 2.05) is 47.5 Å². The van der Waals surface area contributed by atoms with Crippen molar-refractivity contribution in [3.63, 3.8) is 0 Å². The van der Waals surface area contributed by atoms with Gasteiger partial charge in [-0.05, 0) is 35.4 Å². The third-order valence-electron chi connectivity index (χ3n) is 5.48. The van der Waals surface area contributed by atoms with Crippen LogP contribution in [0.4, 0.5) is 5.69 Å². The second-order valence-electron chi connectivity index (χ2n) is 7.57. The maximum atomic E-state index is 12.8. The molecule has 5 rings (SSSR count). The summed E-state index contributed by atoms with van der Waals surface area (Å²) in [5, 5.41) is 11.4. The Morgan fingerprint density at radius 1 is 1.26 bits per heavy atom. The predicted octanol–water partition coefficient (Wildman–Crippen LogP) is 3.25. The highest BCUT2D eigenvalue weighted by molar-refractivity contribution is 6.30. The Kier molecular flexibility index (Phi) is 5.23. The number of morpholine rings is 1. The second-order valence-corrected chi connectivity index (χ2v) is 8.01. The number of hydrogen-bond donors (Lipinski definition) is 2. The van der Waals surface area contributed by atoms with E-state index < -0.39 is 6.29 Å². The van der Waals surface area contributed by atoms with Crippen LogP contribution in [0.15, 0.2) is 65.8 Å². The minimum absolute atomic E-state index is 0.0905. The van der Waals surface area contributed by atoms with Crippen LogP contribution >= 0.6 is 11.6 Å². The molecule has 0 aliphatic carbocycles. The van der Waals surface area contributed by atoms with Crippen LogP contribution in [-0.2, 0) is 11.3 Å². The first-order valence-corrected chi connectivity index (χ1v) is 10.4. The highest BCUT2D eigenvalue weighted by Crippen LogP contribution is 2.30. The summed E-state index contributed by atoms with van der Waals surface area (Å²) in [6.07, 6.45) is 4.64. The van der Waals surface area contributed by atoms with Gasteiger partial charge in [0.05, 0.1) is 31.6 Å². The molecule has 4 heterocycles. The van der Waals surface area contributed by atoms with Gasteiger partial charge in [-0.25, -0.2) is 4.98 Å². The van der Waals surface area contributed by atoms with Crippen LogP contribution in [0.1, 0.15) is 5.56 Å². The number of pyridine rings is 2. The molecule has 158 valence electrons. The molecule has 1 atom stereocenters. The summed E-state index contributed by atoms with van der Waals surface area (Å²) in [7, 11) is 0. The van der Waals surface area contributed by atoms with Gasteiger partial charge in [0.2, 0.25) is 0 Å². The molecule has 1 aliphatic rings. The molecule has 3 aromatic heterocycles. The van der Waals surface area contributed by atoms with Crippen LogP contribution in [0.5, 0.6) is 0 Å². The first kappa shape index (κ1) is 19.8. The SMILES string of the molecule is O=c1cc(-c2c[nH]c3ncc(N4CCOC(O)C4)cc23)ccn1Cc1cccc(Cl)c1. The minimum Gasteiger partial charge on any atom is -0.366 e. The highest BCUT2D eigenvalue weighted by Gasteiger charge is 2.19. The number of aromatic amines is 1. The first-order chi connectivity index (χ1) is 15.1. The number of nitrogens with zero attached hydrogens (tertiary/aromatic N) is 3. The molecule has 0 amide bonds. The summed E-state index contributed by atoms with van der Waals surface area (Å²) in [6, 6.07) is 13.1. The number of halogens is 1. The van der Waals surface area contributed by atoms with Gasteiger partial charge in [0.1, 0.15) is 5.65 Å². The monoisotopic (exact) mass is 436 g/mol. The molecule has 7 nitrogen and oxygen atoms in total. The number of anilines is 1. The van der Waals surface area contributed by atoms with Gasteiger partial charge in [-0.15, -0.1) is 0 Å². The molecule has 31 heavy (non-hydrogen) atoms. The maximum absolute atomic E-state index is 12.8. The summed E-state index contributed by atoms with van der Waals surface area (Å²) in [5.74, 6) is 0. The number of fused-ring (bicyclic) bond motifs is 1. The smallest absolute Gasteiger partial charge is 0.251 e. The Hall–Kier alpha value is -3.13. The number of ether oxygens (including phenoxy) is 1. The summed E-state index contributed by atoms with van der Waals surface area (Å²) < 4.78 is 6.87. The fourth-order valence-corrected chi connectivity index (χ4v) is 4.12. The van der Waals surface area contributed by atoms with Gasteiger partial charge in [-0.1, -0.05) is 23.7 Å². The molecule has 0 spiro atoms. The average molecular weight is 437 g/mol. The lowest BCUT2D eigenvalue weighted by Gasteiger charge is -2.31. The highest BCUT2D eigenvalue weighted by atomic mass is 35.5. The molecule has 0 saturated carbocycles. The number of aromatic nitrogens is 3. The summed E-state index contributed by atoms with van der Waals surface area (Å²) in [4.78, 5) is 22.5. The van der Waals surface area contributed by atoms with Gasteiger partial charge in [0, 0.05) is 41.0 Å². The largest absolute Gasteiger partial charge is 0.366 e. The van der Waals surface area contributed by atoms with Crippen LogP contribution in [0, 0.1) is 0 Å². The van der Waals surface area contributed by atoms with Crippen LogP contribution in [0.25, 0.3) is 22.2 Å². The molecular weight excluding hydrogens is 416 g/mol. The number of H-pyrrole nitrogens is 1. The quantitative estimate of drug-likeness (QED) is 0.513. The lowest BCUT2D eigenvalue weighted by Crippen LogP contribution is -2.42. The van der Waals surface area contributed by atoms with E-state index in [1.165, 1.54) is 0 Å². The zero-order valence-corrected chi connectivity index (χ0v) is 17.4. The lowest BCUT2D eigenvalue weighted by atomic mass is 10.1. The molecule has 1 unspecified atom stereocenters. The zero-order valence-electron chi connectivity index (χ0n) is 16.7. The van der Waals surface area contributed by atoms with Crippen molar-refractivity contribution in [2.24, 2.45) is 0 Å². The van der Waals surface area contributed by atoms with Gasteiger partial charge in [-0.2, -0.15) is 0 Å². The summed E-state index contributed by atoms with van der Waals surface area (Å²) in [6.45, 7) is 2.00. The molecule has 1 aliphatic heterocycles. The Labute approximate surface area is 183 Å². The number of benzene rings is 1. The van der Waals surface area contributed by atoms with Gasteiger partial charge in [0.15, 0.2) is 6.29 Å². The van der Waals surface area contributed by atoms with Crippen LogP contribution < -0.4 is 10.5 Å². The van der Waals surface area contributed by atoms with Crippen molar-refractivity contribution in [1.82, 2.24) is 14.5 Å². The molecule has 0 bridgehead atoms. The molecular formula is C23H21ClN4O3. The number of aliphatic hydroxyl groups is 1. The topological polar surface area (TPSA) is 83.4 Å². The van der Waals surface area contributed by atoms with Gasteiger partial charge < -0.3 is 24.3 Å². The molecule has 4 aromatic rings. The van der Waals surface area contributed by atoms with Crippen molar-refractivity contribution in [1.29, 1.82) is 0 Å². The van der Waals surface area contributed by atoms with E-state index in [9.17, 15) is 9.90 Å². The van der Waals surface area contributed by atoms with E-state index in [-0.39, 0.29) is 5.56 Å². The van der Waals surface area contributed by atoms with Crippen LogP contribution in [0.2, 0.25) is 5.02 Å². The first-order valence-electron chi connectivity index (χ1n) is 10.0. The van der Waals surface area contributed by atoms with Crippen molar-refractivity contribution in [3.8, 4) is 11.1 Å². The predicted molar refractivity (Wildman–Crippen MR) is 121 cm³/mol. The Morgan fingerprint density at radius 3 is 2.97 bits per heavy atom. The number of nitrogens with one attached hydrogen (secondary N) is 1. The molecule has 1 saturated heterocycles. The van der Waals surface area contributed by atoms with Crippen molar-refractivity contribution in [2.45, 2.75) is 12.8 Å². The fourth-order valence-electron chi connectivity index (χ4n) is 3.91. The van der Waals surface area contributed by atoms with E-state index in [1.54, 1.807) is 23.0 Å². The Balaban J connectivity index is 1.47. The van der Waals surface area contributed by atoms with E-state index in [4.69, 9.17) is 16.3 Å². The number of hydrogen-bond acceptors (Lipinski definition) is 5. The van der Waals surface area contributed by atoms with E-state index in [0.29, 0.717) is 31.3 Å². The average Bonchev–Trinajstić information content (AvgIpc) is 3.18. The lowest BCUT2D eigenvalue weighted by molar-refractivity contribution is -0.104. The van der Waals surface area contributed by atoms with E-state index in [2.05, 4.69) is 9.97 Å². The van der Waals surface area contributed by atoms with Gasteiger partial charge in [-0.3, -0.25) is 4.79 Å². The normalized spacial score (nSPS) is 16.7. The van der Waals surface area contributed by atoms with E-state index in [0.717, 1.165) is 33.4 Å². The molecule has 8 heteroatoms. The number of rotatable bonds is 4. The third kappa shape index (κ3) is 4.07. The van der Waals surface area contributed by atoms with Crippen molar-refractivity contribution >= 4 is 28.3 Å². The third-order valence-corrected chi connectivity index (χ3v) is 5.71. The Morgan fingerprint density at radius 2 is 2.16 bits per heavy atom. The minimum atomic E-state index is -0.803. The molecule has 0 radical (unpaired) electrons. The van der Waals surface area contributed by atoms with E-state index >= 15 is 0 Å². The molecule has 1 fully saturated rings. The summed E-state index contributed by atoms with van der Waals surface area (Å²) >= 11 is 6.05. The van der Waals surface area contributed by atoms with Crippen molar-refractivity contribution < 1.29 is 9.84 Å². The standard InChI is InChI=1S/C23H21ClN4O3/c24-17-3-1-2-15(8-17)13-28-5-4-16(9-21(28)29)20-12-26-23-19(20)10-18(11-25-23)27-6-7-31-22(30)14-27/h1-5,8-12,22,30H,6-7,13-14H2,(H,25,26). The van der Waals surface area contributed by atoms with Crippen molar-refractivity contribution in [3.05, 3.63) is 82.0 Å².